The molecule has 0 aliphatic carbocycles. The number of imidazole rings is 1. The van der Waals surface area contributed by atoms with E-state index in [1.807, 2.05) is 18.0 Å². The van der Waals surface area contributed by atoms with Gasteiger partial charge in [0.25, 0.3) is 5.56 Å². The monoisotopic (exact) mass is 444 g/mol. The first-order valence-corrected chi connectivity index (χ1v) is 10.8. The van der Waals surface area contributed by atoms with Crippen LogP contribution >= 0.6 is 0 Å². The van der Waals surface area contributed by atoms with Gasteiger partial charge in [0.2, 0.25) is 0 Å². The lowest BCUT2D eigenvalue weighted by Crippen LogP contribution is -2.47. The number of aromatic amines is 1. The van der Waals surface area contributed by atoms with Gasteiger partial charge < -0.3 is 19.5 Å². The van der Waals surface area contributed by atoms with E-state index in [2.05, 4.69) is 14.9 Å². The highest BCUT2D eigenvalue weighted by atomic mass is 19.1. The van der Waals surface area contributed by atoms with Crippen molar-refractivity contribution in [2.75, 3.05) is 62.3 Å². The molecule has 1 aromatic carbocycles. The van der Waals surface area contributed by atoms with Gasteiger partial charge in [-0.1, -0.05) is 0 Å². The molecule has 2 fully saturated rings. The van der Waals surface area contributed by atoms with Gasteiger partial charge in [-0.15, -0.1) is 0 Å². The normalized spacial score (nSPS) is 18.0. The van der Waals surface area contributed by atoms with Crippen LogP contribution in [0.3, 0.4) is 0 Å². The summed E-state index contributed by atoms with van der Waals surface area (Å²) in [6, 6.07) is 2.88. The number of rotatable bonds is 4. The van der Waals surface area contributed by atoms with E-state index in [1.165, 1.54) is 12.1 Å². The number of anilines is 2. The van der Waals surface area contributed by atoms with Crippen molar-refractivity contribution in [3.8, 4) is 0 Å². The van der Waals surface area contributed by atoms with E-state index in [0.717, 1.165) is 18.9 Å². The smallest absolute Gasteiger partial charge is 0.275 e. The molecule has 0 atom stereocenters. The fourth-order valence-electron chi connectivity index (χ4n) is 4.48. The van der Waals surface area contributed by atoms with Crippen LogP contribution in [-0.2, 0) is 11.3 Å². The molecule has 8 nitrogen and oxygen atoms in total. The third-order valence-electron chi connectivity index (χ3n) is 6.23. The predicted molar refractivity (Wildman–Crippen MR) is 117 cm³/mol. The average molecular weight is 444 g/mol. The first-order valence-electron chi connectivity index (χ1n) is 10.8. The number of piperazine rings is 1. The fourth-order valence-corrected chi connectivity index (χ4v) is 4.48. The number of H-pyrrole nitrogens is 1. The van der Waals surface area contributed by atoms with Crippen LogP contribution in [0.15, 0.2) is 29.3 Å². The Balaban J connectivity index is 1.30. The standard InChI is InChI=1S/C22H26F2N6O2/c1-15-25-12-19-22(31)26-20(14-30(15)19)28-2-4-29(5-3-28)21-17(23)10-16(11-18(21)24)13-27-6-8-32-9-7-27/h10-12,14H,2-9,13H2,1H3,(H,26,31). The van der Waals surface area contributed by atoms with E-state index in [0.29, 0.717) is 62.8 Å². The molecule has 0 saturated carbocycles. The zero-order valence-corrected chi connectivity index (χ0v) is 18.0. The molecule has 10 heteroatoms. The van der Waals surface area contributed by atoms with Crippen molar-refractivity contribution < 1.29 is 13.5 Å². The molecule has 0 unspecified atom stereocenters. The Kier molecular flexibility index (Phi) is 5.56. The first kappa shape index (κ1) is 20.9. The summed E-state index contributed by atoms with van der Waals surface area (Å²) in [4.78, 5) is 25.3. The minimum atomic E-state index is -0.537. The number of morpholine rings is 1. The SMILES string of the molecule is Cc1ncc2c(=O)[nH]c(N3CCN(c4c(F)cc(CN5CCOCC5)cc4F)CC3)cn12. The molecule has 1 N–H and O–H groups in total. The van der Waals surface area contributed by atoms with Gasteiger partial charge in [-0.05, 0) is 24.6 Å². The summed E-state index contributed by atoms with van der Waals surface area (Å²) >= 11 is 0. The van der Waals surface area contributed by atoms with Crippen LogP contribution in [0.4, 0.5) is 20.3 Å². The molecule has 4 heterocycles. The summed E-state index contributed by atoms with van der Waals surface area (Å²) in [5.74, 6) is 0.327. The summed E-state index contributed by atoms with van der Waals surface area (Å²) < 4.78 is 36.9. The van der Waals surface area contributed by atoms with Crippen molar-refractivity contribution in [3.63, 3.8) is 0 Å². The molecule has 0 spiro atoms. The van der Waals surface area contributed by atoms with Gasteiger partial charge in [0.05, 0.1) is 25.6 Å². The number of nitrogens with one attached hydrogen (secondary N) is 1. The van der Waals surface area contributed by atoms with Gasteiger partial charge in [-0.25, -0.2) is 13.8 Å². The third-order valence-corrected chi connectivity index (χ3v) is 6.23. The summed E-state index contributed by atoms with van der Waals surface area (Å²) in [7, 11) is 0. The summed E-state index contributed by atoms with van der Waals surface area (Å²) in [6.45, 7) is 7.11. The summed E-state index contributed by atoms with van der Waals surface area (Å²) in [5.41, 5.74) is 0.931. The number of aryl methyl sites for hydroxylation is 1. The maximum Gasteiger partial charge on any atom is 0.275 e. The molecule has 2 saturated heterocycles. The van der Waals surface area contributed by atoms with E-state index in [4.69, 9.17) is 4.74 Å². The summed E-state index contributed by atoms with van der Waals surface area (Å²) in [6.07, 6.45) is 3.39. The second-order valence-electron chi connectivity index (χ2n) is 8.30. The van der Waals surface area contributed by atoms with E-state index in [9.17, 15) is 13.6 Å². The van der Waals surface area contributed by atoms with Gasteiger partial charge in [0.15, 0.2) is 0 Å². The van der Waals surface area contributed by atoms with Crippen LogP contribution in [0.25, 0.3) is 5.52 Å². The number of hydrogen-bond acceptors (Lipinski definition) is 6. The number of ether oxygens (including phenoxy) is 1. The first-order chi connectivity index (χ1) is 15.5. The average Bonchev–Trinajstić information content (AvgIpc) is 3.16. The van der Waals surface area contributed by atoms with E-state index < -0.39 is 11.6 Å². The molecular formula is C22H26F2N6O2. The molecule has 0 radical (unpaired) electrons. The van der Waals surface area contributed by atoms with Gasteiger partial charge in [-0.2, -0.15) is 0 Å². The van der Waals surface area contributed by atoms with Crippen molar-refractivity contribution in [2.45, 2.75) is 13.5 Å². The van der Waals surface area contributed by atoms with Crippen LogP contribution in [0, 0.1) is 18.6 Å². The zero-order valence-electron chi connectivity index (χ0n) is 18.0. The minimum absolute atomic E-state index is 0.0183. The maximum atomic E-state index is 14.9. The highest BCUT2D eigenvalue weighted by molar-refractivity contribution is 5.54. The van der Waals surface area contributed by atoms with Crippen LogP contribution in [0.5, 0.6) is 0 Å². The topological polar surface area (TPSA) is 69.1 Å². The number of benzene rings is 1. The Bertz CT molecular complexity index is 1160. The number of nitrogens with zero attached hydrogens (tertiary/aromatic N) is 5. The van der Waals surface area contributed by atoms with Crippen molar-refractivity contribution in [1.29, 1.82) is 0 Å². The van der Waals surface area contributed by atoms with E-state index in [1.54, 1.807) is 15.5 Å². The van der Waals surface area contributed by atoms with Crippen molar-refractivity contribution in [2.24, 2.45) is 0 Å². The predicted octanol–water partition coefficient (Wildman–Crippen LogP) is 1.77. The van der Waals surface area contributed by atoms with Gasteiger partial charge in [0.1, 0.15) is 34.5 Å². The molecule has 0 amide bonds. The van der Waals surface area contributed by atoms with Crippen LogP contribution in [0.1, 0.15) is 11.4 Å². The Morgan fingerprint density at radius 2 is 1.69 bits per heavy atom. The lowest BCUT2D eigenvalue weighted by atomic mass is 10.1. The van der Waals surface area contributed by atoms with Gasteiger partial charge in [0, 0.05) is 45.8 Å². The zero-order chi connectivity index (χ0) is 22.2. The minimum Gasteiger partial charge on any atom is -0.379 e. The second kappa shape index (κ2) is 8.51. The van der Waals surface area contributed by atoms with Crippen molar-refractivity contribution in [1.82, 2.24) is 19.3 Å². The molecule has 170 valence electrons. The Hall–Kier alpha value is -2.98. The molecular weight excluding hydrogens is 418 g/mol. The number of halogens is 2. The largest absolute Gasteiger partial charge is 0.379 e. The highest BCUT2D eigenvalue weighted by Gasteiger charge is 2.24. The van der Waals surface area contributed by atoms with E-state index >= 15 is 0 Å². The molecule has 2 aliphatic heterocycles. The number of aromatic nitrogens is 3. The molecule has 2 aliphatic rings. The Labute approximate surface area is 184 Å². The second-order valence-corrected chi connectivity index (χ2v) is 8.30. The number of hydrogen-bond donors (Lipinski definition) is 1. The molecule has 2 aromatic heterocycles. The molecule has 32 heavy (non-hydrogen) atoms. The van der Waals surface area contributed by atoms with E-state index in [-0.39, 0.29) is 11.2 Å². The highest BCUT2D eigenvalue weighted by Crippen LogP contribution is 2.27. The van der Waals surface area contributed by atoms with Crippen LogP contribution < -0.4 is 15.4 Å². The Morgan fingerprint density at radius 3 is 2.38 bits per heavy atom. The van der Waals surface area contributed by atoms with Crippen molar-refractivity contribution in [3.05, 3.63) is 57.9 Å². The molecule has 5 rings (SSSR count). The lowest BCUT2D eigenvalue weighted by molar-refractivity contribution is 0.0341. The fraction of sp³-hybridized carbons (Fsp3) is 0.455. The van der Waals surface area contributed by atoms with Gasteiger partial charge in [-0.3, -0.25) is 14.1 Å². The van der Waals surface area contributed by atoms with Crippen LogP contribution in [-0.4, -0.2) is 71.8 Å². The Morgan fingerprint density at radius 1 is 1.03 bits per heavy atom. The van der Waals surface area contributed by atoms with Crippen LogP contribution in [0.2, 0.25) is 0 Å². The quantitative estimate of drug-likeness (QED) is 0.662. The third kappa shape index (κ3) is 3.95. The lowest BCUT2D eigenvalue weighted by Gasteiger charge is -2.37. The van der Waals surface area contributed by atoms with Crippen molar-refractivity contribution >= 4 is 17.0 Å². The molecule has 0 bridgehead atoms. The molecule has 3 aromatic rings. The maximum absolute atomic E-state index is 14.9. The van der Waals surface area contributed by atoms with Gasteiger partial charge >= 0.3 is 0 Å². The summed E-state index contributed by atoms with van der Waals surface area (Å²) in [5, 5.41) is 0. The number of fused-ring (bicyclic) bond motifs is 1.